The van der Waals surface area contributed by atoms with Crippen LogP contribution in [0.1, 0.15) is 30.9 Å². The Bertz CT molecular complexity index is 670. The van der Waals surface area contributed by atoms with Gasteiger partial charge in [0, 0.05) is 6.54 Å². The third-order valence-corrected chi connectivity index (χ3v) is 5.23. The highest BCUT2D eigenvalue weighted by Gasteiger charge is 2.49. The molecule has 2 saturated heterocycles. The molecule has 0 spiro atoms. The molecule has 0 saturated carbocycles. The number of carbonyl (C=O) groups is 1. The van der Waals surface area contributed by atoms with Crippen molar-refractivity contribution in [2.45, 2.75) is 44.9 Å². The third kappa shape index (κ3) is 2.06. The van der Waals surface area contributed by atoms with Gasteiger partial charge in [0.15, 0.2) is 0 Å². The number of hydrogen-bond acceptors (Lipinski definition) is 3. The largest absolute Gasteiger partial charge is 0.391 e. The van der Waals surface area contributed by atoms with Crippen molar-refractivity contribution in [3.05, 3.63) is 28.3 Å². The first kappa shape index (κ1) is 15.1. The molecule has 2 aliphatic heterocycles. The maximum Gasteiger partial charge on any atom is 0.325 e. The van der Waals surface area contributed by atoms with E-state index in [4.69, 9.17) is 16.9 Å². The Morgan fingerprint density at radius 2 is 2.18 bits per heavy atom. The summed E-state index contributed by atoms with van der Waals surface area (Å²) in [7, 11) is 0. The van der Waals surface area contributed by atoms with Gasteiger partial charge in [-0.3, -0.25) is 4.90 Å². The van der Waals surface area contributed by atoms with Gasteiger partial charge in [0.2, 0.25) is 0 Å². The summed E-state index contributed by atoms with van der Waals surface area (Å²) in [4.78, 5) is 16.2. The maximum atomic E-state index is 12.7. The van der Waals surface area contributed by atoms with Gasteiger partial charge in [-0.25, -0.2) is 4.79 Å². The van der Waals surface area contributed by atoms with Gasteiger partial charge in [-0.15, -0.1) is 0 Å². The summed E-state index contributed by atoms with van der Waals surface area (Å²) in [6.45, 7) is 4.43. The van der Waals surface area contributed by atoms with E-state index in [9.17, 15) is 9.90 Å². The molecule has 5 nitrogen and oxygen atoms in total. The fraction of sp³-hybridized carbons (Fsp3) is 0.500. The predicted molar refractivity (Wildman–Crippen MR) is 84.0 cm³/mol. The van der Waals surface area contributed by atoms with Crippen molar-refractivity contribution in [2.24, 2.45) is 0 Å². The van der Waals surface area contributed by atoms with Gasteiger partial charge in [-0.05, 0) is 44.4 Å². The first-order valence-electron chi connectivity index (χ1n) is 7.44. The van der Waals surface area contributed by atoms with E-state index >= 15 is 0 Å². The Labute approximate surface area is 134 Å². The molecule has 0 bridgehead atoms. The fourth-order valence-corrected chi connectivity index (χ4v) is 3.82. The molecule has 1 N–H and O–H groups in total. The number of fused-ring (bicyclic) bond motifs is 1. The number of piperidine rings is 1. The summed E-state index contributed by atoms with van der Waals surface area (Å²) >= 11 is 6.23. The molecule has 3 rings (SSSR count). The zero-order valence-corrected chi connectivity index (χ0v) is 13.3. The van der Waals surface area contributed by atoms with E-state index in [2.05, 4.69) is 0 Å². The average molecular weight is 320 g/mol. The number of hydrogen-bond donors (Lipinski definition) is 1. The number of amides is 2. The molecule has 6 heteroatoms. The topological polar surface area (TPSA) is 67.6 Å². The smallest absolute Gasteiger partial charge is 0.325 e. The molecule has 1 aromatic carbocycles. The third-order valence-electron chi connectivity index (χ3n) is 4.74. The number of aliphatic hydroxyl groups excluding tert-OH is 1. The summed E-state index contributed by atoms with van der Waals surface area (Å²) in [6.07, 6.45) is 1.04. The lowest BCUT2D eigenvalue weighted by atomic mass is 9.95. The van der Waals surface area contributed by atoms with Crippen molar-refractivity contribution < 1.29 is 9.90 Å². The lowest BCUT2D eigenvalue weighted by Crippen LogP contribution is -2.48. The number of aliphatic hydroxyl groups is 1. The van der Waals surface area contributed by atoms with E-state index in [-0.39, 0.29) is 18.1 Å². The maximum absolute atomic E-state index is 12.7. The second kappa shape index (κ2) is 5.45. The van der Waals surface area contributed by atoms with Crippen molar-refractivity contribution in [2.75, 3.05) is 11.4 Å². The SMILES string of the molecule is Cc1c(N2C(=O)N3CCC[C@@H](O)[C@H]3[C@H]2C)ccc(C#N)c1Cl. The number of nitrogens with zero attached hydrogens (tertiary/aromatic N) is 3. The number of urea groups is 1. The van der Waals surface area contributed by atoms with Gasteiger partial charge in [0.25, 0.3) is 0 Å². The van der Waals surface area contributed by atoms with Crippen LogP contribution >= 0.6 is 11.6 Å². The molecule has 116 valence electrons. The van der Waals surface area contributed by atoms with Crippen LogP contribution in [0.4, 0.5) is 10.5 Å². The van der Waals surface area contributed by atoms with E-state index in [1.165, 1.54) is 0 Å². The summed E-state index contributed by atoms with van der Waals surface area (Å²) in [5.74, 6) is 0. The molecule has 0 radical (unpaired) electrons. The normalized spacial score (nSPS) is 27.8. The monoisotopic (exact) mass is 319 g/mol. The number of rotatable bonds is 1. The molecule has 3 atom stereocenters. The number of carbonyl (C=O) groups excluding carboxylic acids is 1. The second-order valence-corrected chi connectivity index (χ2v) is 6.35. The fourth-order valence-electron chi connectivity index (χ4n) is 3.61. The molecule has 2 amide bonds. The van der Waals surface area contributed by atoms with Crippen molar-refractivity contribution >= 4 is 23.3 Å². The van der Waals surface area contributed by atoms with Crippen molar-refractivity contribution in [3.8, 4) is 6.07 Å². The quantitative estimate of drug-likeness (QED) is 0.865. The predicted octanol–water partition coefficient (Wildman–Crippen LogP) is 2.67. The number of nitriles is 1. The van der Waals surface area contributed by atoms with Crippen LogP contribution in [0.5, 0.6) is 0 Å². The molecule has 0 unspecified atom stereocenters. The Balaban J connectivity index is 2.04. The van der Waals surface area contributed by atoms with Crippen LogP contribution < -0.4 is 4.90 Å². The molecule has 2 aliphatic rings. The minimum absolute atomic E-state index is 0.0971. The van der Waals surface area contributed by atoms with Gasteiger partial charge in [-0.1, -0.05) is 11.6 Å². The lowest BCUT2D eigenvalue weighted by Gasteiger charge is -2.34. The number of benzene rings is 1. The molecular formula is C16H18ClN3O2. The van der Waals surface area contributed by atoms with Gasteiger partial charge in [0.1, 0.15) is 6.07 Å². The van der Waals surface area contributed by atoms with Crippen molar-refractivity contribution in [3.63, 3.8) is 0 Å². The van der Waals surface area contributed by atoms with E-state index in [0.717, 1.165) is 18.4 Å². The molecule has 22 heavy (non-hydrogen) atoms. The van der Waals surface area contributed by atoms with Crippen LogP contribution in [0.2, 0.25) is 5.02 Å². The van der Waals surface area contributed by atoms with E-state index in [0.29, 0.717) is 22.8 Å². The van der Waals surface area contributed by atoms with E-state index in [1.807, 2.05) is 19.9 Å². The Hall–Kier alpha value is -1.77. The molecule has 2 fully saturated rings. The van der Waals surface area contributed by atoms with Crippen molar-refractivity contribution in [1.29, 1.82) is 5.26 Å². The molecule has 2 heterocycles. The van der Waals surface area contributed by atoms with Crippen LogP contribution in [0.25, 0.3) is 0 Å². The highest BCUT2D eigenvalue weighted by Crippen LogP contribution is 2.38. The number of anilines is 1. The number of halogens is 1. The average Bonchev–Trinajstić information content (AvgIpc) is 2.75. The van der Waals surface area contributed by atoms with E-state index in [1.54, 1.807) is 21.9 Å². The highest BCUT2D eigenvalue weighted by molar-refractivity contribution is 6.33. The summed E-state index contributed by atoms with van der Waals surface area (Å²) in [6, 6.07) is 5.03. The molecular weight excluding hydrogens is 302 g/mol. The minimum atomic E-state index is -0.494. The first-order chi connectivity index (χ1) is 10.5. The van der Waals surface area contributed by atoms with Gasteiger partial charge < -0.3 is 10.0 Å². The van der Waals surface area contributed by atoms with Crippen LogP contribution in [0.15, 0.2) is 12.1 Å². The summed E-state index contributed by atoms with van der Waals surface area (Å²) in [5, 5.41) is 19.7. The van der Waals surface area contributed by atoms with Crippen LogP contribution in [0, 0.1) is 18.3 Å². The molecule has 0 aromatic heterocycles. The Kier molecular flexibility index (Phi) is 3.75. The van der Waals surface area contributed by atoms with Crippen LogP contribution in [-0.4, -0.2) is 40.8 Å². The van der Waals surface area contributed by atoms with E-state index < -0.39 is 6.10 Å². The summed E-state index contributed by atoms with van der Waals surface area (Å²) < 4.78 is 0. The van der Waals surface area contributed by atoms with Gasteiger partial charge in [-0.2, -0.15) is 5.26 Å². The van der Waals surface area contributed by atoms with Gasteiger partial charge >= 0.3 is 6.03 Å². The van der Waals surface area contributed by atoms with Crippen LogP contribution in [0.3, 0.4) is 0 Å². The second-order valence-electron chi connectivity index (χ2n) is 5.97. The van der Waals surface area contributed by atoms with Crippen LogP contribution in [-0.2, 0) is 0 Å². The lowest BCUT2D eigenvalue weighted by molar-refractivity contribution is 0.0418. The Morgan fingerprint density at radius 1 is 1.45 bits per heavy atom. The zero-order chi connectivity index (χ0) is 16.0. The minimum Gasteiger partial charge on any atom is -0.391 e. The first-order valence-corrected chi connectivity index (χ1v) is 7.82. The standard InChI is InChI=1S/C16H18ClN3O2/c1-9-12(6-5-11(8-18)14(9)17)20-10(2)15-13(21)4-3-7-19(15)16(20)22/h5-6,10,13,15,21H,3-4,7H2,1-2H3/t10-,13-,15-/m1/s1. The summed E-state index contributed by atoms with van der Waals surface area (Å²) in [5.41, 5.74) is 1.83. The van der Waals surface area contributed by atoms with Crippen molar-refractivity contribution in [1.82, 2.24) is 4.90 Å². The zero-order valence-electron chi connectivity index (χ0n) is 12.6. The highest BCUT2D eigenvalue weighted by atomic mass is 35.5. The van der Waals surface area contributed by atoms with Gasteiger partial charge in [0.05, 0.1) is 34.5 Å². The molecule has 1 aromatic rings. The molecule has 0 aliphatic carbocycles. The Morgan fingerprint density at radius 3 is 2.82 bits per heavy atom.